The van der Waals surface area contributed by atoms with Gasteiger partial charge in [-0.05, 0) is 24.1 Å². The molecule has 98 valence electrons. The van der Waals surface area contributed by atoms with Crippen molar-refractivity contribution in [3.05, 3.63) is 29.8 Å². The summed E-state index contributed by atoms with van der Waals surface area (Å²) in [6.07, 6.45) is 0.974. The Morgan fingerprint density at radius 2 is 2.44 bits per heavy atom. The zero-order chi connectivity index (χ0) is 13.0. The van der Waals surface area contributed by atoms with Gasteiger partial charge in [-0.3, -0.25) is 10.1 Å². The van der Waals surface area contributed by atoms with Crippen molar-refractivity contribution in [1.82, 2.24) is 5.32 Å². The van der Waals surface area contributed by atoms with E-state index in [0.29, 0.717) is 12.4 Å². The van der Waals surface area contributed by atoms with E-state index in [2.05, 4.69) is 12.2 Å². The first-order valence-electron chi connectivity index (χ1n) is 6.04. The lowest BCUT2D eigenvalue weighted by molar-refractivity contribution is -0.138. The first kappa shape index (κ1) is 13.2. The van der Waals surface area contributed by atoms with Crippen LogP contribution in [0.1, 0.15) is 24.3 Å². The van der Waals surface area contributed by atoms with E-state index in [1.165, 1.54) is 0 Å². The molecule has 0 amide bonds. The topological polar surface area (TPSA) is 58.6 Å². The standard InChI is InChI=1S/C13H17NO3S/c1-2-6-17-10-5-3-4-9(7-10)12-14-11(8-18-12)13(15)16/h3-5,7,11-12,14H,2,6,8H2,1H3,(H,15,16). The van der Waals surface area contributed by atoms with Gasteiger partial charge in [0.2, 0.25) is 0 Å². The molecule has 0 aromatic heterocycles. The highest BCUT2D eigenvalue weighted by Crippen LogP contribution is 2.34. The van der Waals surface area contributed by atoms with Crippen LogP contribution in [0.2, 0.25) is 0 Å². The van der Waals surface area contributed by atoms with Crippen LogP contribution in [0.4, 0.5) is 0 Å². The Labute approximate surface area is 111 Å². The number of rotatable bonds is 5. The van der Waals surface area contributed by atoms with Gasteiger partial charge in [-0.2, -0.15) is 0 Å². The van der Waals surface area contributed by atoms with Gasteiger partial charge >= 0.3 is 5.97 Å². The molecule has 1 saturated heterocycles. The maximum Gasteiger partial charge on any atom is 0.321 e. The fourth-order valence-corrected chi connectivity index (χ4v) is 3.02. The van der Waals surface area contributed by atoms with Crippen LogP contribution in [0.3, 0.4) is 0 Å². The minimum Gasteiger partial charge on any atom is -0.494 e. The van der Waals surface area contributed by atoms with Crippen LogP contribution in [0.5, 0.6) is 5.75 Å². The van der Waals surface area contributed by atoms with Crippen LogP contribution in [-0.4, -0.2) is 29.5 Å². The number of hydrogen-bond donors (Lipinski definition) is 2. The summed E-state index contributed by atoms with van der Waals surface area (Å²) in [6.45, 7) is 2.77. The molecule has 18 heavy (non-hydrogen) atoms. The maximum atomic E-state index is 10.9. The van der Waals surface area contributed by atoms with E-state index in [9.17, 15) is 4.79 Å². The van der Waals surface area contributed by atoms with Crippen LogP contribution in [-0.2, 0) is 4.79 Å². The lowest BCUT2D eigenvalue weighted by atomic mass is 10.2. The number of carboxylic acid groups (broad SMARTS) is 1. The van der Waals surface area contributed by atoms with Crippen molar-refractivity contribution in [1.29, 1.82) is 0 Å². The van der Waals surface area contributed by atoms with E-state index in [1.807, 2.05) is 24.3 Å². The van der Waals surface area contributed by atoms with Gasteiger partial charge in [0, 0.05) is 5.75 Å². The van der Waals surface area contributed by atoms with Gasteiger partial charge in [-0.1, -0.05) is 19.1 Å². The highest BCUT2D eigenvalue weighted by Gasteiger charge is 2.30. The monoisotopic (exact) mass is 267 g/mol. The zero-order valence-corrected chi connectivity index (χ0v) is 11.1. The molecule has 2 N–H and O–H groups in total. The maximum absolute atomic E-state index is 10.9. The van der Waals surface area contributed by atoms with Gasteiger partial charge in [0.1, 0.15) is 11.8 Å². The first-order valence-corrected chi connectivity index (χ1v) is 7.09. The van der Waals surface area contributed by atoms with E-state index in [-0.39, 0.29) is 5.37 Å². The molecule has 0 radical (unpaired) electrons. The van der Waals surface area contributed by atoms with E-state index in [1.54, 1.807) is 11.8 Å². The van der Waals surface area contributed by atoms with Crippen molar-refractivity contribution in [3.63, 3.8) is 0 Å². The average Bonchev–Trinajstić information content (AvgIpc) is 2.86. The molecule has 2 rings (SSSR count). The van der Waals surface area contributed by atoms with Crippen molar-refractivity contribution < 1.29 is 14.6 Å². The molecule has 2 unspecified atom stereocenters. The van der Waals surface area contributed by atoms with Crippen LogP contribution in [0.15, 0.2) is 24.3 Å². The highest BCUT2D eigenvalue weighted by molar-refractivity contribution is 7.99. The molecule has 0 spiro atoms. The van der Waals surface area contributed by atoms with Gasteiger partial charge in [0.25, 0.3) is 0 Å². The molecule has 1 aromatic rings. The lowest BCUT2D eigenvalue weighted by Crippen LogP contribution is -2.33. The second kappa shape index (κ2) is 6.11. The van der Waals surface area contributed by atoms with Crippen LogP contribution in [0.25, 0.3) is 0 Å². The summed E-state index contributed by atoms with van der Waals surface area (Å²) in [4.78, 5) is 10.9. The van der Waals surface area contributed by atoms with E-state index in [0.717, 1.165) is 17.7 Å². The Balaban J connectivity index is 2.03. The zero-order valence-electron chi connectivity index (χ0n) is 10.3. The van der Waals surface area contributed by atoms with Crippen LogP contribution < -0.4 is 10.1 Å². The van der Waals surface area contributed by atoms with Crippen molar-refractivity contribution in [2.24, 2.45) is 0 Å². The minimum absolute atomic E-state index is 0.0382. The predicted molar refractivity (Wildman–Crippen MR) is 72.0 cm³/mol. The molecule has 1 heterocycles. The number of carbonyl (C=O) groups is 1. The molecule has 0 aliphatic carbocycles. The molecule has 0 bridgehead atoms. The third-order valence-corrected chi connectivity index (χ3v) is 3.98. The summed E-state index contributed by atoms with van der Waals surface area (Å²) in [5.74, 6) is 0.652. The molecule has 0 saturated carbocycles. The average molecular weight is 267 g/mol. The van der Waals surface area contributed by atoms with E-state index >= 15 is 0 Å². The minimum atomic E-state index is -0.789. The lowest BCUT2D eigenvalue weighted by Gasteiger charge is -2.13. The Kier molecular flexibility index (Phi) is 4.49. The number of carboxylic acids is 1. The summed E-state index contributed by atoms with van der Waals surface area (Å²) in [7, 11) is 0. The summed E-state index contributed by atoms with van der Waals surface area (Å²) < 4.78 is 5.58. The highest BCUT2D eigenvalue weighted by atomic mass is 32.2. The Bertz CT molecular complexity index is 424. The van der Waals surface area contributed by atoms with Gasteiger partial charge in [0.05, 0.1) is 12.0 Å². The number of nitrogens with one attached hydrogen (secondary N) is 1. The molecule has 1 aromatic carbocycles. The molecule has 4 nitrogen and oxygen atoms in total. The molecule has 1 aliphatic heterocycles. The number of ether oxygens (including phenoxy) is 1. The summed E-state index contributed by atoms with van der Waals surface area (Å²) in [5, 5.41) is 12.1. The van der Waals surface area contributed by atoms with Gasteiger partial charge in [0.15, 0.2) is 0 Å². The van der Waals surface area contributed by atoms with Crippen molar-refractivity contribution in [2.45, 2.75) is 24.8 Å². The number of aliphatic carboxylic acids is 1. The third kappa shape index (κ3) is 3.17. The molecule has 5 heteroatoms. The molecular weight excluding hydrogens is 250 g/mol. The fraction of sp³-hybridized carbons (Fsp3) is 0.462. The van der Waals surface area contributed by atoms with Crippen molar-refractivity contribution >= 4 is 17.7 Å². The van der Waals surface area contributed by atoms with Crippen molar-refractivity contribution in [3.8, 4) is 5.75 Å². The molecule has 1 fully saturated rings. The van der Waals surface area contributed by atoms with Crippen molar-refractivity contribution in [2.75, 3.05) is 12.4 Å². The SMILES string of the molecule is CCCOc1cccc(C2NC(C(=O)O)CS2)c1. The molecule has 1 aliphatic rings. The van der Waals surface area contributed by atoms with E-state index < -0.39 is 12.0 Å². The second-order valence-corrected chi connectivity index (χ2v) is 5.33. The Hall–Kier alpha value is -1.20. The second-order valence-electron chi connectivity index (χ2n) is 4.19. The normalized spacial score (nSPS) is 22.9. The Morgan fingerprint density at radius 3 is 3.11 bits per heavy atom. The van der Waals surface area contributed by atoms with Gasteiger partial charge in [-0.25, -0.2) is 0 Å². The summed E-state index contributed by atoms with van der Waals surface area (Å²) in [6, 6.07) is 7.38. The van der Waals surface area contributed by atoms with Crippen LogP contribution in [0, 0.1) is 0 Å². The first-order chi connectivity index (χ1) is 8.70. The Morgan fingerprint density at radius 1 is 1.61 bits per heavy atom. The van der Waals surface area contributed by atoms with Gasteiger partial charge in [-0.15, -0.1) is 11.8 Å². The largest absolute Gasteiger partial charge is 0.494 e. The fourth-order valence-electron chi connectivity index (χ4n) is 1.79. The predicted octanol–water partition coefficient (Wildman–Crippen LogP) is 2.26. The summed E-state index contributed by atoms with van der Waals surface area (Å²) >= 11 is 1.62. The molecule has 2 atom stereocenters. The quantitative estimate of drug-likeness (QED) is 0.857. The van der Waals surface area contributed by atoms with Crippen LogP contribution >= 0.6 is 11.8 Å². The summed E-state index contributed by atoms with van der Waals surface area (Å²) in [5.41, 5.74) is 1.07. The smallest absolute Gasteiger partial charge is 0.321 e. The van der Waals surface area contributed by atoms with E-state index in [4.69, 9.17) is 9.84 Å². The number of thioether (sulfide) groups is 1. The van der Waals surface area contributed by atoms with Gasteiger partial charge < -0.3 is 9.84 Å². The number of hydrogen-bond acceptors (Lipinski definition) is 4. The third-order valence-electron chi connectivity index (χ3n) is 2.71. The number of benzene rings is 1. The molecular formula is C13H17NO3S.